The summed E-state index contributed by atoms with van der Waals surface area (Å²) in [7, 11) is 0. The number of hydrogen-bond donors (Lipinski definition) is 1. The Hall–Kier alpha value is -0.780. The molecule has 1 aromatic heterocycles. The fraction of sp³-hybridized carbons (Fsp3) is 0.357. The van der Waals surface area contributed by atoms with Gasteiger partial charge in [-0.2, -0.15) is 0 Å². The maximum atomic E-state index is 5.59. The first kappa shape index (κ1) is 14.6. The average Bonchev–Trinajstić information content (AvgIpc) is 2.69. The van der Waals surface area contributed by atoms with Crippen molar-refractivity contribution in [3.05, 3.63) is 39.7 Å². The van der Waals surface area contributed by atoms with Gasteiger partial charge in [-0.25, -0.2) is 4.98 Å². The van der Waals surface area contributed by atoms with Crippen LogP contribution in [0.3, 0.4) is 0 Å². The molecule has 1 heterocycles. The molecule has 2 rings (SSSR count). The number of halogens is 1. The van der Waals surface area contributed by atoms with Crippen molar-refractivity contribution in [3.63, 3.8) is 0 Å². The monoisotopic (exact) mass is 340 g/mol. The van der Waals surface area contributed by atoms with E-state index >= 15 is 0 Å². The van der Waals surface area contributed by atoms with Crippen LogP contribution in [0.2, 0.25) is 0 Å². The molecule has 0 aliphatic heterocycles. The molecule has 3 nitrogen and oxygen atoms in total. The predicted octanol–water partition coefficient (Wildman–Crippen LogP) is 4.31. The highest BCUT2D eigenvalue weighted by molar-refractivity contribution is 9.10. The highest BCUT2D eigenvalue weighted by atomic mass is 79.9. The van der Waals surface area contributed by atoms with E-state index in [4.69, 9.17) is 4.42 Å². The topological polar surface area (TPSA) is 38.1 Å². The van der Waals surface area contributed by atoms with Gasteiger partial charge in [0.2, 0.25) is 0 Å². The number of aryl methyl sites for hydroxylation is 2. The summed E-state index contributed by atoms with van der Waals surface area (Å²) in [5, 5.41) is 4.00. The van der Waals surface area contributed by atoms with Gasteiger partial charge in [-0.3, -0.25) is 0 Å². The van der Waals surface area contributed by atoms with Crippen molar-refractivity contribution >= 4 is 27.7 Å². The second-order valence-electron chi connectivity index (χ2n) is 4.27. The molecular weight excluding hydrogens is 324 g/mol. The van der Waals surface area contributed by atoms with Crippen molar-refractivity contribution in [2.24, 2.45) is 0 Å². The lowest BCUT2D eigenvalue weighted by Gasteiger charge is -2.06. The van der Waals surface area contributed by atoms with E-state index in [-0.39, 0.29) is 0 Å². The minimum absolute atomic E-state index is 0.690. The van der Waals surface area contributed by atoms with Crippen LogP contribution in [0, 0.1) is 13.8 Å². The van der Waals surface area contributed by atoms with Crippen molar-refractivity contribution in [2.75, 3.05) is 6.54 Å². The zero-order valence-corrected chi connectivity index (χ0v) is 13.7. The molecule has 0 amide bonds. The first-order chi connectivity index (χ1) is 9.10. The molecule has 0 saturated carbocycles. The highest BCUT2D eigenvalue weighted by Crippen LogP contribution is 2.34. The zero-order valence-electron chi connectivity index (χ0n) is 11.3. The van der Waals surface area contributed by atoms with Gasteiger partial charge in [-0.05, 0) is 65.8 Å². The van der Waals surface area contributed by atoms with Crippen LogP contribution in [0.25, 0.3) is 0 Å². The molecule has 5 heteroatoms. The number of oxazole rings is 1. The summed E-state index contributed by atoms with van der Waals surface area (Å²) in [6, 6.07) is 6.35. The van der Waals surface area contributed by atoms with Gasteiger partial charge in [0, 0.05) is 15.9 Å². The summed E-state index contributed by atoms with van der Waals surface area (Å²) in [6.07, 6.45) is 0. The van der Waals surface area contributed by atoms with Gasteiger partial charge < -0.3 is 9.73 Å². The first-order valence-electron chi connectivity index (χ1n) is 6.21. The van der Waals surface area contributed by atoms with Gasteiger partial charge in [-0.15, -0.1) is 0 Å². The molecule has 0 radical (unpaired) electrons. The molecule has 0 bridgehead atoms. The van der Waals surface area contributed by atoms with E-state index < -0.39 is 0 Å². The number of rotatable bonds is 5. The molecule has 1 N–H and O–H groups in total. The zero-order chi connectivity index (χ0) is 13.8. The van der Waals surface area contributed by atoms with E-state index in [0.29, 0.717) is 5.22 Å². The Labute approximate surface area is 126 Å². The second-order valence-corrected chi connectivity index (χ2v) is 6.12. The average molecular weight is 341 g/mol. The Kier molecular flexibility index (Phi) is 5.07. The number of hydrogen-bond acceptors (Lipinski definition) is 4. The molecule has 0 unspecified atom stereocenters. The summed E-state index contributed by atoms with van der Waals surface area (Å²) >= 11 is 5.14. The van der Waals surface area contributed by atoms with Crippen molar-refractivity contribution in [3.8, 4) is 0 Å². The third-order valence-corrected chi connectivity index (χ3v) is 4.63. The molecule has 0 atom stereocenters. The van der Waals surface area contributed by atoms with E-state index in [1.54, 1.807) is 0 Å². The van der Waals surface area contributed by atoms with Crippen LogP contribution >= 0.6 is 27.7 Å². The molecule has 0 aliphatic carbocycles. The third-order valence-electron chi connectivity index (χ3n) is 2.78. The summed E-state index contributed by atoms with van der Waals surface area (Å²) in [5.41, 5.74) is 2.21. The Morgan fingerprint density at radius 3 is 2.74 bits per heavy atom. The lowest BCUT2D eigenvalue weighted by atomic mass is 10.2. The molecule has 0 spiro atoms. The minimum atomic E-state index is 0.690. The molecule has 2 aromatic rings. The molecule has 0 fully saturated rings. The van der Waals surface area contributed by atoms with Crippen LogP contribution in [0.4, 0.5) is 0 Å². The summed E-state index contributed by atoms with van der Waals surface area (Å²) in [6.45, 7) is 7.85. The van der Waals surface area contributed by atoms with Gasteiger partial charge in [0.1, 0.15) is 5.76 Å². The summed E-state index contributed by atoms with van der Waals surface area (Å²) in [4.78, 5) is 5.49. The van der Waals surface area contributed by atoms with Gasteiger partial charge >= 0.3 is 0 Å². The van der Waals surface area contributed by atoms with Crippen molar-refractivity contribution in [1.29, 1.82) is 0 Å². The molecule has 1 aromatic carbocycles. The van der Waals surface area contributed by atoms with E-state index in [2.05, 4.69) is 51.4 Å². The summed E-state index contributed by atoms with van der Waals surface area (Å²) in [5.74, 6) is 0.877. The number of benzene rings is 1. The standard InChI is InChI=1S/C14H17BrN2OS/c1-4-16-8-11-5-6-13(12(15)7-11)19-14-17-9(2)10(3)18-14/h5-7,16H,4,8H2,1-3H3. The quantitative estimate of drug-likeness (QED) is 0.879. The first-order valence-corrected chi connectivity index (χ1v) is 7.82. The highest BCUT2D eigenvalue weighted by Gasteiger charge is 2.10. The molecule has 19 heavy (non-hydrogen) atoms. The van der Waals surface area contributed by atoms with Crippen LogP contribution < -0.4 is 5.32 Å². The normalized spacial score (nSPS) is 10.9. The SMILES string of the molecule is CCNCc1ccc(Sc2nc(C)c(C)o2)c(Br)c1. The number of nitrogens with zero attached hydrogens (tertiary/aromatic N) is 1. The van der Waals surface area contributed by atoms with Crippen molar-refractivity contribution in [1.82, 2.24) is 10.3 Å². The molecule has 0 aliphatic rings. The maximum Gasteiger partial charge on any atom is 0.261 e. The van der Waals surface area contributed by atoms with Crippen LogP contribution in [0.15, 0.2) is 37.2 Å². The molecule has 0 saturated heterocycles. The van der Waals surface area contributed by atoms with Crippen molar-refractivity contribution in [2.45, 2.75) is 37.4 Å². The Morgan fingerprint density at radius 2 is 2.16 bits per heavy atom. The van der Waals surface area contributed by atoms with Gasteiger partial charge in [-0.1, -0.05) is 13.0 Å². The van der Waals surface area contributed by atoms with E-state index in [1.807, 2.05) is 13.8 Å². The van der Waals surface area contributed by atoms with E-state index in [1.165, 1.54) is 17.3 Å². The van der Waals surface area contributed by atoms with Crippen LogP contribution in [-0.4, -0.2) is 11.5 Å². The number of aromatic nitrogens is 1. The van der Waals surface area contributed by atoms with Crippen LogP contribution in [0.5, 0.6) is 0 Å². The van der Waals surface area contributed by atoms with Gasteiger partial charge in [0.05, 0.1) is 5.69 Å². The predicted molar refractivity (Wildman–Crippen MR) is 81.6 cm³/mol. The van der Waals surface area contributed by atoms with E-state index in [9.17, 15) is 0 Å². The maximum absolute atomic E-state index is 5.59. The summed E-state index contributed by atoms with van der Waals surface area (Å²) < 4.78 is 6.66. The van der Waals surface area contributed by atoms with Gasteiger partial charge in [0.25, 0.3) is 5.22 Å². The van der Waals surface area contributed by atoms with E-state index in [0.717, 1.165) is 33.9 Å². The van der Waals surface area contributed by atoms with Crippen molar-refractivity contribution < 1.29 is 4.42 Å². The molecule has 102 valence electrons. The Balaban J connectivity index is 2.12. The van der Waals surface area contributed by atoms with Gasteiger partial charge in [0.15, 0.2) is 0 Å². The molecular formula is C14H17BrN2OS. The largest absolute Gasteiger partial charge is 0.436 e. The Bertz CT molecular complexity index is 549. The fourth-order valence-corrected chi connectivity index (χ4v) is 3.09. The van der Waals surface area contributed by atoms with Crippen LogP contribution in [0.1, 0.15) is 23.9 Å². The number of nitrogens with one attached hydrogen (secondary N) is 1. The smallest absolute Gasteiger partial charge is 0.261 e. The lowest BCUT2D eigenvalue weighted by molar-refractivity contribution is 0.431. The third kappa shape index (κ3) is 3.84. The van der Waals surface area contributed by atoms with Crippen LogP contribution in [-0.2, 0) is 6.54 Å². The minimum Gasteiger partial charge on any atom is -0.436 e. The lowest BCUT2D eigenvalue weighted by Crippen LogP contribution is -2.11. The fourth-order valence-electron chi connectivity index (χ4n) is 1.59. The Morgan fingerprint density at radius 1 is 1.37 bits per heavy atom. The second kappa shape index (κ2) is 6.59.